The van der Waals surface area contributed by atoms with Gasteiger partial charge < -0.3 is 9.16 Å². The van der Waals surface area contributed by atoms with Crippen LogP contribution in [0.3, 0.4) is 0 Å². The zero-order chi connectivity index (χ0) is 23.1. The molecule has 0 radical (unpaired) electrons. The van der Waals surface area contributed by atoms with Gasteiger partial charge in [0, 0.05) is 6.04 Å². The van der Waals surface area contributed by atoms with Crippen LogP contribution in [0.1, 0.15) is 54.4 Å². The van der Waals surface area contributed by atoms with E-state index in [4.69, 9.17) is 9.16 Å². The van der Waals surface area contributed by atoms with Gasteiger partial charge in [-0.05, 0) is 54.9 Å². The van der Waals surface area contributed by atoms with Crippen LogP contribution in [0.5, 0.6) is 0 Å². The molecule has 3 atom stereocenters. The Morgan fingerprint density at radius 1 is 0.906 bits per heavy atom. The molecule has 2 aromatic rings. The lowest BCUT2D eigenvalue weighted by Crippen LogP contribution is -2.67. The Kier molecular flexibility index (Phi) is 6.01. The summed E-state index contributed by atoms with van der Waals surface area (Å²) < 4.78 is 12.9. The molecule has 172 valence electrons. The fraction of sp³-hybridized carbons (Fsp3) is 0.519. The maximum absolute atomic E-state index is 13.0. The van der Waals surface area contributed by atoms with Crippen molar-refractivity contribution in [1.82, 2.24) is 4.90 Å². The van der Waals surface area contributed by atoms with Gasteiger partial charge >= 0.3 is 6.09 Å². The number of likely N-dealkylation sites (tertiary alicyclic amines) is 1. The number of piperidine rings is 1. The average Bonchev–Trinajstić information content (AvgIpc) is 3.37. The fourth-order valence-electron chi connectivity index (χ4n) is 5.29. The minimum atomic E-state index is -2.61. The molecule has 2 aliphatic rings. The Morgan fingerprint density at radius 3 is 1.91 bits per heavy atom. The summed E-state index contributed by atoms with van der Waals surface area (Å²) in [7, 11) is -2.61. The largest absolute Gasteiger partial charge is 0.444 e. The number of amides is 1. The first-order valence-electron chi connectivity index (χ1n) is 11.8. The summed E-state index contributed by atoms with van der Waals surface area (Å²) in [6, 6.07) is 21.8. The van der Waals surface area contributed by atoms with E-state index in [2.05, 4.69) is 81.4 Å². The molecule has 0 bridgehead atoms. The van der Waals surface area contributed by atoms with Crippen molar-refractivity contribution >= 4 is 24.8 Å². The second-order valence-corrected chi connectivity index (χ2v) is 15.6. The summed E-state index contributed by atoms with van der Waals surface area (Å²) in [4.78, 5) is 15.0. The van der Waals surface area contributed by atoms with Crippen LogP contribution in [-0.4, -0.2) is 43.6 Å². The summed E-state index contributed by atoms with van der Waals surface area (Å²) in [5.41, 5.74) is -0.493. The number of benzene rings is 2. The van der Waals surface area contributed by atoms with Crippen molar-refractivity contribution in [3.05, 3.63) is 60.7 Å². The zero-order valence-electron chi connectivity index (χ0n) is 20.3. The molecule has 0 spiro atoms. The second-order valence-electron chi connectivity index (χ2n) is 11.3. The van der Waals surface area contributed by atoms with Crippen LogP contribution in [0.25, 0.3) is 0 Å². The van der Waals surface area contributed by atoms with Gasteiger partial charge in [-0.15, -0.1) is 0 Å². The van der Waals surface area contributed by atoms with Gasteiger partial charge in [0.1, 0.15) is 5.60 Å². The fourth-order valence-corrected chi connectivity index (χ4v) is 9.89. The lowest BCUT2D eigenvalue weighted by atomic mass is 10.2. The summed E-state index contributed by atoms with van der Waals surface area (Å²) in [5.74, 6) is 0.593. The van der Waals surface area contributed by atoms with Gasteiger partial charge in [0.05, 0.1) is 12.6 Å². The molecule has 4 rings (SSSR count). The minimum Gasteiger partial charge on any atom is -0.444 e. The first-order valence-corrected chi connectivity index (χ1v) is 13.7. The summed E-state index contributed by atoms with van der Waals surface area (Å²) in [6.45, 7) is 13.2. The third-order valence-corrected chi connectivity index (χ3v) is 11.7. The Bertz CT molecular complexity index is 893. The molecule has 2 fully saturated rings. The molecule has 4 nitrogen and oxygen atoms in total. The average molecular weight is 452 g/mol. The van der Waals surface area contributed by atoms with Gasteiger partial charge in [0.2, 0.25) is 0 Å². The molecule has 1 aliphatic heterocycles. The molecule has 2 aromatic carbocycles. The molecule has 0 aromatic heterocycles. The molecule has 0 N–H and O–H groups in total. The highest BCUT2D eigenvalue weighted by Crippen LogP contribution is 2.49. The smallest absolute Gasteiger partial charge is 0.410 e. The molecule has 1 saturated heterocycles. The first kappa shape index (κ1) is 23.1. The molecule has 5 heteroatoms. The third kappa shape index (κ3) is 4.37. The monoisotopic (exact) mass is 451 g/mol. The van der Waals surface area contributed by atoms with E-state index in [1.54, 1.807) is 0 Å². The van der Waals surface area contributed by atoms with E-state index in [-0.39, 0.29) is 17.2 Å². The van der Waals surface area contributed by atoms with Crippen molar-refractivity contribution in [2.75, 3.05) is 6.61 Å². The van der Waals surface area contributed by atoms with Crippen LogP contribution in [0.2, 0.25) is 5.04 Å². The Morgan fingerprint density at radius 2 is 1.44 bits per heavy atom. The van der Waals surface area contributed by atoms with E-state index in [1.807, 2.05) is 25.7 Å². The van der Waals surface area contributed by atoms with Crippen molar-refractivity contribution in [2.45, 2.75) is 77.1 Å². The van der Waals surface area contributed by atoms with Crippen molar-refractivity contribution in [3.8, 4) is 0 Å². The van der Waals surface area contributed by atoms with Crippen LogP contribution in [-0.2, 0) is 9.16 Å². The van der Waals surface area contributed by atoms with E-state index in [0.717, 1.165) is 12.8 Å². The number of hydrogen-bond acceptors (Lipinski definition) is 3. The van der Waals surface area contributed by atoms with Gasteiger partial charge in [-0.3, -0.25) is 4.90 Å². The van der Waals surface area contributed by atoms with E-state index < -0.39 is 13.9 Å². The number of nitrogens with zero attached hydrogens (tertiary/aromatic N) is 1. The predicted octanol–water partition coefficient (Wildman–Crippen LogP) is 4.96. The van der Waals surface area contributed by atoms with Gasteiger partial charge in [-0.2, -0.15) is 0 Å². The highest BCUT2D eigenvalue weighted by atomic mass is 28.4. The van der Waals surface area contributed by atoms with Crippen LogP contribution in [0, 0.1) is 5.92 Å². The van der Waals surface area contributed by atoms with Gasteiger partial charge in [-0.25, -0.2) is 4.79 Å². The topological polar surface area (TPSA) is 38.8 Å². The van der Waals surface area contributed by atoms with Gasteiger partial charge in [-0.1, -0.05) is 81.4 Å². The third-order valence-electron chi connectivity index (χ3n) is 6.72. The quantitative estimate of drug-likeness (QED) is 0.603. The molecule has 1 amide bonds. The number of fused-ring (bicyclic) bond motifs is 1. The molecular formula is C27H37NO3Si. The SMILES string of the molecule is CC(C)(C)OC(=O)N1C2CC2C[C@H]1CO[Si](c1ccccc1)(c1ccccc1)C(C)(C)C. The maximum Gasteiger partial charge on any atom is 0.410 e. The maximum atomic E-state index is 13.0. The van der Waals surface area contributed by atoms with Crippen LogP contribution >= 0.6 is 0 Å². The molecule has 1 saturated carbocycles. The zero-order valence-corrected chi connectivity index (χ0v) is 21.3. The number of hydrogen-bond donors (Lipinski definition) is 0. The molecular weight excluding hydrogens is 414 g/mol. The highest BCUT2D eigenvalue weighted by molar-refractivity contribution is 6.99. The molecule has 1 aliphatic carbocycles. The van der Waals surface area contributed by atoms with Crippen LogP contribution < -0.4 is 10.4 Å². The molecule has 2 unspecified atom stereocenters. The van der Waals surface area contributed by atoms with Crippen LogP contribution in [0.15, 0.2) is 60.7 Å². The summed E-state index contributed by atoms with van der Waals surface area (Å²) >= 11 is 0. The number of carbonyl (C=O) groups excluding carboxylic acids is 1. The van der Waals surface area contributed by atoms with E-state index >= 15 is 0 Å². The van der Waals surface area contributed by atoms with Crippen molar-refractivity contribution in [3.63, 3.8) is 0 Å². The standard InChI is InChI=1S/C27H37NO3Si/c1-26(2,3)31-25(29)28-21(17-20-18-24(20)28)19-30-32(27(4,5)6,22-13-9-7-10-14-22)23-15-11-8-12-16-23/h7-16,20-21,24H,17-19H2,1-6H3/t20?,21-,24?/m0/s1. The summed E-state index contributed by atoms with van der Waals surface area (Å²) in [5, 5.41) is 2.46. The molecule has 1 heterocycles. The number of carbonyl (C=O) groups is 1. The Balaban J connectivity index is 1.66. The Labute approximate surface area is 194 Å². The van der Waals surface area contributed by atoms with E-state index in [1.165, 1.54) is 10.4 Å². The lowest BCUT2D eigenvalue weighted by Gasteiger charge is -2.44. The van der Waals surface area contributed by atoms with Gasteiger partial charge in [0.25, 0.3) is 8.32 Å². The minimum absolute atomic E-state index is 0.0650. The van der Waals surface area contributed by atoms with Crippen LogP contribution in [0.4, 0.5) is 4.79 Å². The molecule has 32 heavy (non-hydrogen) atoms. The van der Waals surface area contributed by atoms with Gasteiger partial charge in [0.15, 0.2) is 0 Å². The number of rotatable bonds is 5. The van der Waals surface area contributed by atoms with E-state index in [9.17, 15) is 4.79 Å². The van der Waals surface area contributed by atoms with Crippen molar-refractivity contribution in [1.29, 1.82) is 0 Å². The van der Waals surface area contributed by atoms with E-state index in [0.29, 0.717) is 18.6 Å². The number of ether oxygens (including phenoxy) is 1. The van der Waals surface area contributed by atoms with Crippen molar-refractivity contribution in [2.24, 2.45) is 5.92 Å². The lowest BCUT2D eigenvalue weighted by molar-refractivity contribution is 0.0135. The summed E-state index contributed by atoms with van der Waals surface area (Å²) in [6.07, 6.45) is 1.90. The second kappa shape index (κ2) is 8.34. The first-order chi connectivity index (χ1) is 15.0. The van der Waals surface area contributed by atoms with Crippen molar-refractivity contribution < 1.29 is 14.0 Å². The predicted molar refractivity (Wildman–Crippen MR) is 132 cm³/mol. The Hall–Kier alpha value is -2.11. The normalized spacial score (nSPS) is 23.1. The highest BCUT2D eigenvalue weighted by Gasteiger charge is 2.57.